The van der Waals surface area contributed by atoms with Gasteiger partial charge in [-0.15, -0.1) is 0 Å². The molecule has 1 aliphatic rings. The van der Waals surface area contributed by atoms with Gasteiger partial charge in [-0.25, -0.2) is 0 Å². The molecule has 1 heteroatoms. The fraction of sp³-hybridized carbons (Fsp3) is 0.800. The lowest BCUT2D eigenvalue weighted by atomic mass is 9.95. The molecule has 1 rings (SSSR count). The number of hydrogen-bond donors (Lipinski definition) is 1. The lowest BCUT2D eigenvalue weighted by Crippen LogP contribution is -2.33. The quantitative estimate of drug-likeness (QED) is 0.600. The molecule has 0 radical (unpaired) electrons. The van der Waals surface area contributed by atoms with Crippen molar-refractivity contribution in [1.82, 2.24) is 5.32 Å². The van der Waals surface area contributed by atoms with Gasteiger partial charge in [0.2, 0.25) is 0 Å². The molecule has 0 aromatic rings. The maximum Gasteiger partial charge on any atom is 0.0140 e. The van der Waals surface area contributed by atoms with Crippen molar-refractivity contribution in [2.24, 2.45) is 5.92 Å². The molecule has 0 aromatic carbocycles. The summed E-state index contributed by atoms with van der Waals surface area (Å²) in [4.78, 5) is 0. The van der Waals surface area contributed by atoms with Crippen LogP contribution in [0.1, 0.15) is 33.6 Å². The van der Waals surface area contributed by atoms with Crippen LogP contribution in [-0.4, -0.2) is 12.6 Å². The molecule has 0 aliphatic carbocycles. The molecule has 0 aromatic heterocycles. The van der Waals surface area contributed by atoms with Gasteiger partial charge in [0.25, 0.3) is 0 Å². The summed E-state index contributed by atoms with van der Waals surface area (Å²) < 4.78 is 0. The Morgan fingerprint density at radius 1 is 1.64 bits per heavy atom. The molecular weight excluding hydrogens is 134 g/mol. The third-order valence-electron chi connectivity index (χ3n) is 2.18. The Bertz CT molecular complexity index is 147. The zero-order valence-corrected chi connectivity index (χ0v) is 7.85. The van der Waals surface area contributed by atoms with E-state index in [0.29, 0.717) is 0 Å². The molecule has 1 N–H and O–H groups in total. The predicted molar refractivity (Wildman–Crippen MR) is 49.6 cm³/mol. The topological polar surface area (TPSA) is 12.0 Å². The molecule has 0 bridgehead atoms. The molecule has 1 aliphatic heterocycles. The monoisotopic (exact) mass is 153 g/mol. The average Bonchev–Trinajstić information content (AvgIpc) is 1.85. The molecule has 0 saturated heterocycles. The third-order valence-corrected chi connectivity index (χ3v) is 2.18. The predicted octanol–water partition coefficient (Wildman–Crippen LogP) is 2.34. The number of rotatable bonds is 2. The van der Waals surface area contributed by atoms with Crippen LogP contribution >= 0.6 is 0 Å². The Hall–Kier alpha value is -0.300. The summed E-state index contributed by atoms with van der Waals surface area (Å²) in [7, 11) is 0. The average molecular weight is 153 g/mol. The van der Waals surface area contributed by atoms with Crippen molar-refractivity contribution in [3.63, 3.8) is 0 Å². The lowest BCUT2D eigenvalue weighted by Gasteiger charge is -2.24. The maximum absolute atomic E-state index is 3.50. The van der Waals surface area contributed by atoms with E-state index in [1.165, 1.54) is 12.8 Å². The van der Waals surface area contributed by atoms with Crippen LogP contribution < -0.4 is 5.32 Å². The third kappa shape index (κ3) is 3.06. The van der Waals surface area contributed by atoms with Crippen molar-refractivity contribution in [1.29, 1.82) is 0 Å². The normalized spacial score (nSPS) is 25.5. The lowest BCUT2D eigenvalue weighted by molar-refractivity contribution is 0.417. The molecule has 0 unspecified atom stereocenters. The van der Waals surface area contributed by atoms with Gasteiger partial charge in [0, 0.05) is 12.6 Å². The second-order valence-electron chi connectivity index (χ2n) is 3.99. The fourth-order valence-corrected chi connectivity index (χ4v) is 1.68. The highest BCUT2D eigenvalue weighted by Crippen LogP contribution is 2.15. The summed E-state index contributed by atoms with van der Waals surface area (Å²) in [5.74, 6) is 0.818. The van der Waals surface area contributed by atoms with Crippen LogP contribution in [-0.2, 0) is 0 Å². The van der Waals surface area contributed by atoms with Crippen LogP contribution in [0.5, 0.6) is 0 Å². The molecule has 0 saturated carbocycles. The van der Waals surface area contributed by atoms with E-state index >= 15 is 0 Å². The SMILES string of the molecule is CC1=CCN[C@@H](CC(C)C)C1. The molecule has 0 fully saturated rings. The molecule has 11 heavy (non-hydrogen) atoms. The highest BCUT2D eigenvalue weighted by Gasteiger charge is 2.12. The van der Waals surface area contributed by atoms with Gasteiger partial charge in [-0.05, 0) is 25.7 Å². The van der Waals surface area contributed by atoms with Crippen molar-refractivity contribution in [2.45, 2.75) is 39.7 Å². The van der Waals surface area contributed by atoms with Gasteiger partial charge in [0.1, 0.15) is 0 Å². The molecule has 0 amide bonds. The molecule has 1 nitrogen and oxygen atoms in total. The summed E-state index contributed by atoms with van der Waals surface area (Å²) in [6, 6.07) is 0.736. The van der Waals surface area contributed by atoms with E-state index in [0.717, 1.165) is 18.5 Å². The summed E-state index contributed by atoms with van der Waals surface area (Å²) >= 11 is 0. The van der Waals surface area contributed by atoms with Crippen LogP contribution in [0.2, 0.25) is 0 Å². The van der Waals surface area contributed by atoms with Crippen LogP contribution in [0.4, 0.5) is 0 Å². The van der Waals surface area contributed by atoms with Gasteiger partial charge < -0.3 is 5.32 Å². The number of nitrogens with one attached hydrogen (secondary N) is 1. The van der Waals surface area contributed by atoms with Gasteiger partial charge in [-0.3, -0.25) is 0 Å². The van der Waals surface area contributed by atoms with Gasteiger partial charge in [-0.1, -0.05) is 25.5 Å². The Labute approximate surface area is 69.9 Å². The van der Waals surface area contributed by atoms with Crippen molar-refractivity contribution in [3.8, 4) is 0 Å². The Morgan fingerprint density at radius 2 is 2.36 bits per heavy atom. The molecule has 1 atom stereocenters. The van der Waals surface area contributed by atoms with E-state index in [1.54, 1.807) is 5.57 Å². The fourth-order valence-electron chi connectivity index (χ4n) is 1.68. The highest BCUT2D eigenvalue weighted by molar-refractivity contribution is 5.06. The number of hydrogen-bond acceptors (Lipinski definition) is 1. The highest BCUT2D eigenvalue weighted by atomic mass is 14.9. The van der Waals surface area contributed by atoms with E-state index in [9.17, 15) is 0 Å². The molecule has 64 valence electrons. The van der Waals surface area contributed by atoms with Crippen molar-refractivity contribution in [2.75, 3.05) is 6.54 Å². The van der Waals surface area contributed by atoms with E-state index in [2.05, 4.69) is 32.2 Å². The zero-order chi connectivity index (χ0) is 8.27. The van der Waals surface area contributed by atoms with Gasteiger partial charge in [0.05, 0.1) is 0 Å². The second-order valence-corrected chi connectivity index (χ2v) is 3.99. The van der Waals surface area contributed by atoms with E-state index in [4.69, 9.17) is 0 Å². The summed E-state index contributed by atoms with van der Waals surface area (Å²) in [5.41, 5.74) is 1.55. The van der Waals surface area contributed by atoms with Crippen LogP contribution in [0, 0.1) is 5.92 Å². The smallest absolute Gasteiger partial charge is 0.0140 e. The minimum atomic E-state index is 0.736. The first-order valence-electron chi connectivity index (χ1n) is 4.57. The minimum absolute atomic E-state index is 0.736. The summed E-state index contributed by atoms with van der Waals surface area (Å²) in [6.07, 6.45) is 4.85. The van der Waals surface area contributed by atoms with Crippen LogP contribution in [0.25, 0.3) is 0 Å². The Balaban J connectivity index is 2.32. The van der Waals surface area contributed by atoms with E-state index in [-0.39, 0.29) is 0 Å². The Morgan fingerprint density at radius 3 is 2.91 bits per heavy atom. The van der Waals surface area contributed by atoms with Gasteiger partial charge >= 0.3 is 0 Å². The van der Waals surface area contributed by atoms with E-state index < -0.39 is 0 Å². The van der Waals surface area contributed by atoms with E-state index in [1.807, 2.05) is 0 Å². The maximum atomic E-state index is 3.50. The zero-order valence-electron chi connectivity index (χ0n) is 7.85. The van der Waals surface area contributed by atoms with Gasteiger partial charge in [0.15, 0.2) is 0 Å². The molecule has 0 spiro atoms. The molecule has 1 heterocycles. The van der Waals surface area contributed by atoms with Crippen molar-refractivity contribution >= 4 is 0 Å². The van der Waals surface area contributed by atoms with Crippen molar-refractivity contribution < 1.29 is 0 Å². The summed E-state index contributed by atoms with van der Waals surface area (Å²) in [6.45, 7) is 7.88. The second kappa shape index (κ2) is 3.91. The largest absolute Gasteiger partial charge is 0.310 e. The van der Waals surface area contributed by atoms with Crippen molar-refractivity contribution in [3.05, 3.63) is 11.6 Å². The first-order chi connectivity index (χ1) is 5.18. The van der Waals surface area contributed by atoms with Gasteiger partial charge in [-0.2, -0.15) is 0 Å². The minimum Gasteiger partial charge on any atom is -0.310 e. The Kier molecular flexibility index (Phi) is 3.13. The van der Waals surface area contributed by atoms with Crippen LogP contribution in [0.15, 0.2) is 11.6 Å². The standard InChI is InChI=1S/C10H19N/c1-8(2)6-10-7-9(3)4-5-11-10/h4,8,10-11H,5-7H2,1-3H3/t10-/m0/s1. The first kappa shape index (κ1) is 8.79. The van der Waals surface area contributed by atoms with Crippen LogP contribution in [0.3, 0.4) is 0 Å². The molecular formula is C10H19N. The summed E-state index contributed by atoms with van der Waals surface area (Å²) in [5, 5.41) is 3.50. The first-order valence-corrected chi connectivity index (χ1v) is 4.57.